The zero-order valence-electron chi connectivity index (χ0n) is 12.9. The molecule has 1 aliphatic rings. The molecule has 1 fully saturated rings. The van der Waals surface area contributed by atoms with E-state index in [4.69, 9.17) is 21.1 Å². The molecule has 0 aromatic heterocycles. The van der Waals surface area contributed by atoms with Gasteiger partial charge in [0.15, 0.2) is 0 Å². The third-order valence-electron chi connectivity index (χ3n) is 3.22. The summed E-state index contributed by atoms with van der Waals surface area (Å²) in [7, 11) is 3.96. The van der Waals surface area contributed by atoms with E-state index in [1.807, 2.05) is 19.0 Å². The Balaban J connectivity index is 1.89. The maximum Gasteiger partial charge on any atom is 0.254 e. The van der Waals surface area contributed by atoms with Crippen molar-refractivity contribution in [2.24, 2.45) is 0 Å². The smallest absolute Gasteiger partial charge is 0.254 e. The Hall–Kier alpha value is -1.34. The lowest BCUT2D eigenvalue weighted by atomic mass is 10.2. The van der Waals surface area contributed by atoms with Gasteiger partial charge in [0.1, 0.15) is 18.5 Å². The first-order chi connectivity index (χ1) is 10.6. The third-order valence-corrected chi connectivity index (χ3v) is 3.51. The third kappa shape index (κ3) is 5.14. The van der Waals surface area contributed by atoms with Crippen LogP contribution in [0.15, 0.2) is 18.2 Å². The molecule has 6 nitrogen and oxygen atoms in total. The highest BCUT2D eigenvalue weighted by molar-refractivity contribution is 6.32. The van der Waals surface area contributed by atoms with Gasteiger partial charge in [0.2, 0.25) is 0 Å². The lowest BCUT2D eigenvalue weighted by molar-refractivity contribution is -0.128. The fraction of sp³-hybridized carbons (Fsp3) is 0.533. The number of carbonyl (C=O) groups is 1. The first-order valence-corrected chi connectivity index (χ1v) is 7.64. The second-order valence-electron chi connectivity index (χ2n) is 5.35. The predicted octanol–water partition coefficient (Wildman–Crippen LogP) is 1.21. The molecule has 122 valence electrons. The minimum absolute atomic E-state index is 0.176. The van der Waals surface area contributed by atoms with Crippen LogP contribution in [0, 0.1) is 0 Å². The van der Waals surface area contributed by atoms with Crippen LogP contribution < -0.4 is 15.4 Å². The maximum absolute atomic E-state index is 12.1. The van der Waals surface area contributed by atoms with Gasteiger partial charge >= 0.3 is 0 Å². The van der Waals surface area contributed by atoms with E-state index in [1.54, 1.807) is 18.2 Å². The number of rotatable bonds is 6. The van der Waals surface area contributed by atoms with Crippen LogP contribution in [0.3, 0.4) is 0 Å². The molecule has 1 aromatic rings. The second kappa shape index (κ2) is 8.33. The fourth-order valence-electron chi connectivity index (χ4n) is 1.99. The van der Waals surface area contributed by atoms with Gasteiger partial charge in [0.05, 0.1) is 11.6 Å². The van der Waals surface area contributed by atoms with Crippen molar-refractivity contribution in [3.63, 3.8) is 0 Å². The molecule has 1 unspecified atom stereocenters. The molecule has 1 atom stereocenters. The first-order valence-electron chi connectivity index (χ1n) is 7.26. The first kappa shape index (κ1) is 17.0. The molecule has 1 aliphatic heterocycles. The molecule has 7 heteroatoms. The van der Waals surface area contributed by atoms with E-state index in [-0.39, 0.29) is 5.91 Å². The Kier molecular flexibility index (Phi) is 6.45. The molecular formula is C15H22ClN3O3. The molecule has 1 aromatic carbocycles. The summed E-state index contributed by atoms with van der Waals surface area (Å²) in [4.78, 5) is 14.1. The summed E-state index contributed by atoms with van der Waals surface area (Å²) in [5.41, 5.74) is 0.629. The summed E-state index contributed by atoms with van der Waals surface area (Å²) in [6.45, 7) is 3.19. The number of nitrogens with one attached hydrogen (secondary N) is 2. The number of anilines is 1. The summed E-state index contributed by atoms with van der Waals surface area (Å²) < 4.78 is 11.0. The number of morpholine rings is 1. The van der Waals surface area contributed by atoms with Crippen LogP contribution in [-0.2, 0) is 9.53 Å². The van der Waals surface area contributed by atoms with Crippen molar-refractivity contribution < 1.29 is 14.3 Å². The van der Waals surface area contributed by atoms with E-state index >= 15 is 0 Å². The standard InChI is InChI=1S/C15H22ClN3O3/c1-19(2)6-8-22-13-4-3-11(9-12(13)16)18-15(20)14-10-17-5-7-21-14/h3-4,9,14,17H,5-8,10H2,1-2H3,(H,18,20). The number of likely N-dealkylation sites (N-methyl/N-ethyl adjacent to an activating group) is 1. The Morgan fingerprint density at radius 3 is 3.00 bits per heavy atom. The summed E-state index contributed by atoms with van der Waals surface area (Å²) in [6, 6.07) is 5.21. The molecule has 0 saturated carbocycles. The maximum atomic E-state index is 12.1. The highest BCUT2D eigenvalue weighted by Gasteiger charge is 2.21. The summed E-state index contributed by atoms with van der Waals surface area (Å²) in [5.74, 6) is 0.432. The van der Waals surface area contributed by atoms with Gasteiger partial charge in [-0.3, -0.25) is 4.79 Å². The monoisotopic (exact) mass is 327 g/mol. The number of halogens is 1. The predicted molar refractivity (Wildman–Crippen MR) is 86.7 cm³/mol. The van der Waals surface area contributed by atoms with Crippen molar-refractivity contribution in [3.05, 3.63) is 23.2 Å². The van der Waals surface area contributed by atoms with Crippen LogP contribution >= 0.6 is 11.6 Å². The van der Waals surface area contributed by atoms with E-state index in [0.717, 1.165) is 13.1 Å². The topological polar surface area (TPSA) is 62.8 Å². The van der Waals surface area contributed by atoms with Gasteiger partial charge < -0.3 is 25.0 Å². The van der Waals surface area contributed by atoms with Crippen molar-refractivity contribution in [1.29, 1.82) is 0 Å². The summed E-state index contributed by atoms with van der Waals surface area (Å²) in [6.07, 6.45) is -0.469. The van der Waals surface area contributed by atoms with Crippen LogP contribution in [0.5, 0.6) is 5.75 Å². The molecule has 1 amide bonds. The van der Waals surface area contributed by atoms with Crippen LogP contribution in [0.2, 0.25) is 5.02 Å². The molecule has 2 N–H and O–H groups in total. The highest BCUT2D eigenvalue weighted by atomic mass is 35.5. The van der Waals surface area contributed by atoms with Gasteiger partial charge in [0.25, 0.3) is 5.91 Å². The second-order valence-corrected chi connectivity index (χ2v) is 5.76. The number of benzene rings is 1. The van der Waals surface area contributed by atoms with Crippen molar-refractivity contribution >= 4 is 23.2 Å². The lowest BCUT2D eigenvalue weighted by Gasteiger charge is -2.22. The zero-order chi connectivity index (χ0) is 15.9. The van der Waals surface area contributed by atoms with Crippen molar-refractivity contribution in [2.45, 2.75) is 6.10 Å². The van der Waals surface area contributed by atoms with Gasteiger partial charge in [-0.05, 0) is 32.3 Å². The van der Waals surface area contributed by atoms with E-state index in [9.17, 15) is 4.79 Å². The quantitative estimate of drug-likeness (QED) is 0.822. The Morgan fingerprint density at radius 1 is 1.55 bits per heavy atom. The lowest BCUT2D eigenvalue weighted by Crippen LogP contribution is -2.45. The number of amides is 1. The van der Waals surface area contributed by atoms with E-state index in [0.29, 0.717) is 36.2 Å². The van der Waals surface area contributed by atoms with Gasteiger partial charge in [-0.1, -0.05) is 11.6 Å². The molecule has 0 bridgehead atoms. The molecular weight excluding hydrogens is 306 g/mol. The van der Waals surface area contributed by atoms with Crippen LogP contribution in [0.1, 0.15) is 0 Å². The molecule has 1 saturated heterocycles. The zero-order valence-corrected chi connectivity index (χ0v) is 13.7. The van der Waals surface area contributed by atoms with Gasteiger partial charge in [-0.2, -0.15) is 0 Å². The minimum atomic E-state index is -0.469. The van der Waals surface area contributed by atoms with E-state index < -0.39 is 6.10 Å². The number of nitrogens with zero attached hydrogens (tertiary/aromatic N) is 1. The minimum Gasteiger partial charge on any atom is -0.491 e. The normalized spacial score (nSPS) is 18.3. The fourth-order valence-corrected chi connectivity index (χ4v) is 2.23. The van der Waals surface area contributed by atoms with E-state index in [1.165, 1.54) is 0 Å². The number of ether oxygens (including phenoxy) is 2. The number of carbonyl (C=O) groups excluding carboxylic acids is 1. The highest BCUT2D eigenvalue weighted by Crippen LogP contribution is 2.27. The molecule has 22 heavy (non-hydrogen) atoms. The Bertz CT molecular complexity index is 505. The molecule has 0 spiro atoms. The number of hydrogen-bond acceptors (Lipinski definition) is 5. The van der Waals surface area contributed by atoms with Gasteiger partial charge in [-0.15, -0.1) is 0 Å². The SMILES string of the molecule is CN(C)CCOc1ccc(NC(=O)C2CNCCO2)cc1Cl. The van der Waals surface area contributed by atoms with Gasteiger partial charge in [0, 0.05) is 25.3 Å². The average Bonchev–Trinajstić information content (AvgIpc) is 2.50. The molecule has 0 aliphatic carbocycles. The summed E-state index contributed by atoms with van der Waals surface area (Å²) in [5, 5.41) is 6.39. The number of hydrogen-bond donors (Lipinski definition) is 2. The summed E-state index contributed by atoms with van der Waals surface area (Å²) >= 11 is 6.18. The average molecular weight is 328 g/mol. The van der Waals surface area contributed by atoms with Crippen molar-refractivity contribution in [3.8, 4) is 5.75 Å². The van der Waals surface area contributed by atoms with Crippen molar-refractivity contribution in [1.82, 2.24) is 10.2 Å². The molecule has 0 radical (unpaired) electrons. The van der Waals surface area contributed by atoms with E-state index in [2.05, 4.69) is 10.6 Å². The van der Waals surface area contributed by atoms with Crippen LogP contribution in [0.25, 0.3) is 0 Å². The molecule has 1 heterocycles. The largest absolute Gasteiger partial charge is 0.491 e. The van der Waals surface area contributed by atoms with Crippen molar-refractivity contribution in [2.75, 3.05) is 52.3 Å². The Morgan fingerprint density at radius 2 is 2.36 bits per heavy atom. The van der Waals surface area contributed by atoms with Crippen LogP contribution in [0.4, 0.5) is 5.69 Å². The Labute approximate surface area is 135 Å². The van der Waals surface area contributed by atoms with Gasteiger partial charge in [-0.25, -0.2) is 0 Å². The van der Waals surface area contributed by atoms with Crippen LogP contribution in [-0.4, -0.2) is 63.9 Å². The molecule has 2 rings (SSSR count).